The number of aryl methyl sites for hydroxylation is 2. The Hall–Kier alpha value is -2.78. The Kier molecular flexibility index (Phi) is 4.43. The standard InChI is InChI=1S/C19H21N5O3S/c1-12-21-17-8-14(4-5-18(17)23(12)2)22-19(25)16-10-20-9-13-11-24(28(3,26)27)7-6-15(13)16/h4-5,8-10H,6-7,11H2,1-3H3,(H,22,25). The molecule has 0 fully saturated rings. The van der Waals surface area contributed by atoms with Crippen LogP contribution in [0, 0.1) is 6.92 Å². The van der Waals surface area contributed by atoms with E-state index in [1.165, 1.54) is 16.8 Å². The average Bonchev–Trinajstić information content (AvgIpc) is 2.93. The molecule has 0 spiro atoms. The molecule has 3 aromatic rings. The van der Waals surface area contributed by atoms with Gasteiger partial charge in [0.25, 0.3) is 5.91 Å². The number of nitrogens with zero attached hydrogens (tertiary/aromatic N) is 4. The van der Waals surface area contributed by atoms with Gasteiger partial charge in [-0.05, 0) is 42.7 Å². The number of sulfonamides is 1. The topological polar surface area (TPSA) is 97.2 Å². The second kappa shape index (κ2) is 6.68. The Balaban J connectivity index is 1.61. The minimum atomic E-state index is -3.28. The van der Waals surface area contributed by atoms with Crippen LogP contribution in [-0.4, -0.2) is 46.0 Å². The van der Waals surface area contributed by atoms with Gasteiger partial charge in [0.15, 0.2) is 0 Å². The van der Waals surface area contributed by atoms with Gasteiger partial charge >= 0.3 is 0 Å². The van der Waals surface area contributed by atoms with E-state index in [4.69, 9.17) is 0 Å². The highest BCUT2D eigenvalue weighted by Gasteiger charge is 2.26. The lowest BCUT2D eigenvalue weighted by atomic mass is 9.98. The highest BCUT2D eigenvalue weighted by molar-refractivity contribution is 7.88. The van der Waals surface area contributed by atoms with Crippen molar-refractivity contribution in [3.8, 4) is 0 Å². The summed E-state index contributed by atoms with van der Waals surface area (Å²) in [4.78, 5) is 21.5. The van der Waals surface area contributed by atoms with Crippen molar-refractivity contribution in [3.63, 3.8) is 0 Å². The number of carbonyl (C=O) groups excluding carboxylic acids is 1. The van der Waals surface area contributed by atoms with Crippen LogP contribution in [0.3, 0.4) is 0 Å². The summed E-state index contributed by atoms with van der Waals surface area (Å²) in [6.45, 7) is 2.52. The number of hydrogen-bond donors (Lipinski definition) is 1. The van der Waals surface area contributed by atoms with Crippen molar-refractivity contribution in [2.45, 2.75) is 19.9 Å². The first-order valence-corrected chi connectivity index (χ1v) is 10.7. The lowest BCUT2D eigenvalue weighted by Gasteiger charge is -2.27. The van der Waals surface area contributed by atoms with Gasteiger partial charge in [-0.15, -0.1) is 0 Å². The number of amides is 1. The summed E-state index contributed by atoms with van der Waals surface area (Å²) < 4.78 is 27.0. The average molecular weight is 399 g/mol. The molecule has 1 aliphatic rings. The van der Waals surface area contributed by atoms with Gasteiger partial charge in [-0.3, -0.25) is 9.78 Å². The van der Waals surface area contributed by atoms with Crippen LogP contribution in [0.5, 0.6) is 0 Å². The molecular formula is C19H21N5O3S. The molecule has 4 rings (SSSR count). The second-order valence-corrected chi connectivity index (χ2v) is 9.03. The Bertz CT molecular complexity index is 1200. The lowest BCUT2D eigenvalue weighted by molar-refractivity contribution is 0.102. The number of anilines is 1. The Morgan fingerprint density at radius 3 is 2.79 bits per heavy atom. The first-order valence-electron chi connectivity index (χ1n) is 8.89. The second-order valence-electron chi connectivity index (χ2n) is 7.05. The van der Waals surface area contributed by atoms with Crippen molar-refractivity contribution in [1.82, 2.24) is 18.8 Å². The molecule has 3 heterocycles. The van der Waals surface area contributed by atoms with E-state index >= 15 is 0 Å². The van der Waals surface area contributed by atoms with E-state index in [1.807, 2.05) is 36.7 Å². The zero-order valence-electron chi connectivity index (χ0n) is 15.9. The predicted octanol–water partition coefficient (Wildman–Crippen LogP) is 1.85. The lowest BCUT2D eigenvalue weighted by Crippen LogP contribution is -2.36. The molecule has 0 atom stereocenters. The maximum absolute atomic E-state index is 12.9. The van der Waals surface area contributed by atoms with Crippen molar-refractivity contribution >= 4 is 32.7 Å². The Labute approximate surface area is 163 Å². The zero-order chi connectivity index (χ0) is 20.1. The van der Waals surface area contributed by atoms with Crippen LogP contribution in [0.15, 0.2) is 30.6 Å². The molecular weight excluding hydrogens is 378 g/mol. The molecule has 1 N–H and O–H groups in total. The maximum atomic E-state index is 12.9. The molecule has 2 aromatic heterocycles. The summed E-state index contributed by atoms with van der Waals surface area (Å²) in [5.41, 5.74) is 4.55. The molecule has 9 heteroatoms. The fourth-order valence-electron chi connectivity index (χ4n) is 3.54. The number of fused-ring (bicyclic) bond motifs is 2. The third-order valence-corrected chi connectivity index (χ3v) is 6.43. The Morgan fingerprint density at radius 2 is 2.04 bits per heavy atom. The van der Waals surface area contributed by atoms with E-state index in [1.54, 1.807) is 6.20 Å². The number of benzene rings is 1. The van der Waals surface area contributed by atoms with Gasteiger partial charge in [0, 0.05) is 38.2 Å². The smallest absolute Gasteiger partial charge is 0.257 e. The molecule has 28 heavy (non-hydrogen) atoms. The minimum Gasteiger partial charge on any atom is -0.331 e. The zero-order valence-corrected chi connectivity index (χ0v) is 16.7. The summed E-state index contributed by atoms with van der Waals surface area (Å²) in [5.74, 6) is 0.638. The number of pyridine rings is 1. The van der Waals surface area contributed by atoms with Crippen LogP contribution in [0.1, 0.15) is 27.3 Å². The number of nitrogens with one attached hydrogen (secondary N) is 1. The highest BCUT2D eigenvalue weighted by Crippen LogP contribution is 2.25. The van der Waals surface area contributed by atoms with Crippen molar-refractivity contribution in [3.05, 3.63) is 53.1 Å². The number of aromatic nitrogens is 3. The van der Waals surface area contributed by atoms with Gasteiger partial charge in [0.1, 0.15) is 5.82 Å². The number of imidazole rings is 1. The van der Waals surface area contributed by atoms with E-state index in [0.717, 1.165) is 28.0 Å². The molecule has 0 saturated carbocycles. The van der Waals surface area contributed by atoms with Crippen LogP contribution < -0.4 is 5.32 Å². The van der Waals surface area contributed by atoms with Crippen LogP contribution in [0.2, 0.25) is 0 Å². The number of carbonyl (C=O) groups is 1. The maximum Gasteiger partial charge on any atom is 0.257 e. The van der Waals surface area contributed by atoms with Crippen molar-refractivity contribution in [2.75, 3.05) is 18.1 Å². The van der Waals surface area contributed by atoms with Gasteiger partial charge in [-0.2, -0.15) is 4.31 Å². The third-order valence-electron chi connectivity index (χ3n) is 5.18. The van der Waals surface area contributed by atoms with Crippen LogP contribution in [0.25, 0.3) is 11.0 Å². The monoisotopic (exact) mass is 399 g/mol. The summed E-state index contributed by atoms with van der Waals surface area (Å²) >= 11 is 0. The predicted molar refractivity (Wildman–Crippen MR) is 107 cm³/mol. The minimum absolute atomic E-state index is 0.238. The van der Waals surface area contributed by atoms with Gasteiger partial charge in [-0.1, -0.05) is 0 Å². The van der Waals surface area contributed by atoms with Gasteiger partial charge < -0.3 is 9.88 Å². The summed E-state index contributed by atoms with van der Waals surface area (Å²) in [5, 5.41) is 2.91. The largest absolute Gasteiger partial charge is 0.331 e. The van der Waals surface area contributed by atoms with Gasteiger partial charge in [0.05, 0.1) is 22.9 Å². The summed E-state index contributed by atoms with van der Waals surface area (Å²) in [6.07, 6.45) is 4.84. The quantitative estimate of drug-likeness (QED) is 0.725. The van der Waals surface area contributed by atoms with Crippen LogP contribution >= 0.6 is 0 Å². The van der Waals surface area contributed by atoms with E-state index < -0.39 is 10.0 Å². The molecule has 1 aromatic carbocycles. The molecule has 1 aliphatic heterocycles. The van der Waals surface area contributed by atoms with E-state index in [0.29, 0.717) is 24.2 Å². The molecule has 0 saturated heterocycles. The first kappa shape index (κ1) is 18.6. The molecule has 146 valence electrons. The first-order chi connectivity index (χ1) is 13.2. The fourth-order valence-corrected chi connectivity index (χ4v) is 4.34. The molecule has 8 nitrogen and oxygen atoms in total. The van der Waals surface area contributed by atoms with E-state index in [9.17, 15) is 13.2 Å². The molecule has 0 radical (unpaired) electrons. The molecule has 0 aliphatic carbocycles. The SMILES string of the molecule is Cc1nc2cc(NC(=O)c3cncc4c3CCN(S(C)(=O)=O)C4)ccc2n1C. The van der Waals surface area contributed by atoms with Crippen LogP contribution in [-0.2, 0) is 30.0 Å². The molecule has 1 amide bonds. The number of rotatable bonds is 3. The highest BCUT2D eigenvalue weighted by atomic mass is 32.2. The van der Waals surface area contributed by atoms with Crippen molar-refractivity contribution in [1.29, 1.82) is 0 Å². The van der Waals surface area contributed by atoms with Crippen molar-refractivity contribution in [2.24, 2.45) is 7.05 Å². The Morgan fingerprint density at radius 1 is 1.25 bits per heavy atom. The normalized spacial score (nSPS) is 14.8. The van der Waals surface area contributed by atoms with E-state index in [2.05, 4.69) is 15.3 Å². The van der Waals surface area contributed by atoms with Gasteiger partial charge in [-0.25, -0.2) is 13.4 Å². The van der Waals surface area contributed by atoms with Crippen LogP contribution in [0.4, 0.5) is 5.69 Å². The van der Waals surface area contributed by atoms with Crippen molar-refractivity contribution < 1.29 is 13.2 Å². The summed E-state index contributed by atoms with van der Waals surface area (Å²) in [6, 6.07) is 5.61. The molecule has 0 unspecified atom stereocenters. The number of hydrogen-bond acceptors (Lipinski definition) is 5. The van der Waals surface area contributed by atoms with E-state index in [-0.39, 0.29) is 12.5 Å². The van der Waals surface area contributed by atoms with Gasteiger partial charge in [0.2, 0.25) is 10.0 Å². The molecule has 0 bridgehead atoms. The fraction of sp³-hybridized carbons (Fsp3) is 0.316. The third kappa shape index (κ3) is 3.27. The summed E-state index contributed by atoms with van der Waals surface area (Å²) in [7, 11) is -1.33.